The van der Waals surface area contributed by atoms with Crippen LogP contribution in [0.1, 0.15) is 38.9 Å². The molecule has 1 atom stereocenters. The minimum atomic E-state index is -0.578. The fourth-order valence-corrected chi connectivity index (χ4v) is 3.38. The van der Waals surface area contributed by atoms with Crippen molar-refractivity contribution in [2.24, 2.45) is 0 Å². The number of halogens is 1. The molecular formula is C20H16FNO3. The highest BCUT2D eigenvalue weighted by Gasteiger charge is 2.40. The molecule has 0 N–H and O–H groups in total. The number of nitrogens with zero attached hydrogens (tertiary/aromatic N) is 1. The number of rotatable bonds is 1. The summed E-state index contributed by atoms with van der Waals surface area (Å²) in [6, 6.07) is 8.81. The number of carbonyl (C=O) groups excluding carboxylic acids is 1. The Morgan fingerprint density at radius 2 is 1.68 bits per heavy atom. The van der Waals surface area contributed by atoms with E-state index in [1.807, 2.05) is 13.8 Å². The zero-order valence-electron chi connectivity index (χ0n) is 14.1. The van der Waals surface area contributed by atoms with Gasteiger partial charge < -0.3 is 9.32 Å². The van der Waals surface area contributed by atoms with Gasteiger partial charge in [0.15, 0.2) is 5.43 Å². The van der Waals surface area contributed by atoms with E-state index in [0.717, 1.165) is 11.1 Å². The lowest BCUT2D eigenvalue weighted by molar-refractivity contribution is 0.0771. The van der Waals surface area contributed by atoms with Crippen LogP contribution in [0, 0.1) is 19.7 Å². The van der Waals surface area contributed by atoms with E-state index >= 15 is 0 Å². The Bertz CT molecular complexity index is 1080. The van der Waals surface area contributed by atoms with Crippen LogP contribution in [-0.2, 0) is 0 Å². The number of fused-ring (bicyclic) bond motifs is 2. The molecule has 1 unspecified atom stereocenters. The molecule has 2 aromatic carbocycles. The van der Waals surface area contributed by atoms with E-state index < -0.39 is 6.04 Å². The lowest BCUT2D eigenvalue weighted by Crippen LogP contribution is -2.25. The molecule has 1 aliphatic rings. The number of aryl methyl sites for hydroxylation is 2. The fraction of sp³-hybridized carbons (Fsp3) is 0.200. The zero-order valence-corrected chi connectivity index (χ0v) is 14.1. The van der Waals surface area contributed by atoms with Crippen LogP contribution in [-0.4, -0.2) is 17.9 Å². The number of carbonyl (C=O) groups is 1. The van der Waals surface area contributed by atoms with E-state index in [1.165, 1.54) is 17.0 Å². The molecule has 4 rings (SSSR count). The lowest BCUT2D eigenvalue weighted by Gasteiger charge is -2.20. The molecule has 1 amide bonds. The first-order valence-corrected chi connectivity index (χ1v) is 7.99. The largest absolute Gasteiger partial charge is 0.450 e. The van der Waals surface area contributed by atoms with Crippen LogP contribution in [0.5, 0.6) is 0 Å². The number of amides is 1. The average Bonchev–Trinajstić information content (AvgIpc) is 2.83. The Labute approximate surface area is 143 Å². The van der Waals surface area contributed by atoms with Crippen molar-refractivity contribution in [2.75, 3.05) is 7.05 Å². The normalized spacial score (nSPS) is 16.6. The van der Waals surface area contributed by atoms with Crippen molar-refractivity contribution in [3.05, 3.63) is 80.5 Å². The van der Waals surface area contributed by atoms with Crippen LogP contribution >= 0.6 is 0 Å². The lowest BCUT2D eigenvalue weighted by atomic mass is 9.97. The third kappa shape index (κ3) is 2.19. The molecule has 2 heterocycles. The van der Waals surface area contributed by atoms with Crippen LogP contribution in [0.2, 0.25) is 0 Å². The highest BCUT2D eigenvalue weighted by molar-refractivity contribution is 5.99. The molecular weight excluding hydrogens is 321 g/mol. The zero-order chi connectivity index (χ0) is 17.9. The maximum Gasteiger partial charge on any atom is 0.290 e. The summed E-state index contributed by atoms with van der Waals surface area (Å²) >= 11 is 0. The van der Waals surface area contributed by atoms with Crippen LogP contribution in [0.25, 0.3) is 11.0 Å². The van der Waals surface area contributed by atoms with Crippen molar-refractivity contribution < 1.29 is 13.6 Å². The first kappa shape index (κ1) is 15.6. The van der Waals surface area contributed by atoms with Crippen LogP contribution in [0.4, 0.5) is 4.39 Å². The summed E-state index contributed by atoms with van der Waals surface area (Å²) in [6.45, 7) is 3.85. The molecule has 0 radical (unpaired) electrons. The molecule has 4 nitrogen and oxygen atoms in total. The second kappa shape index (κ2) is 5.28. The van der Waals surface area contributed by atoms with Gasteiger partial charge in [-0.2, -0.15) is 0 Å². The summed E-state index contributed by atoms with van der Waals surface area (Å²) in [4.78, 5) is 27.2. The van der Waals surface area contributed by atoms with Gasteiger partial charge in [0.25, 0.3) is 5.91 Å². The topological polar surface area (TPSA) is 50.5 Å². The Kier molecular flexibility index (Phi) is 3.29. The Hall–Kier alpha value is -2.95. The number of hydrogen-bond acceptors (Lipinski definition) is 3. The van der Waals surface area contributed by atoms with E-state index in [2.05, 4.69) is 0 Å². The van der Waals surface area contributed by atoms with Crippen molar-refractivity contribution in [2.45, 2.75) is 19.9 Å². The number of benzene rings is 2. The van der Waals surface area contributed by atoms with Gasteiger partial charge in [-0.1, -0.05) is 12.1 Å². The monoisotopic (exact) mass is 337 g/mol. The molecule has 0 saturated carbocycles. The van der Waals surface area contributed by atoms with Gasteiger partial charge in [-0.15, -0.1) is 0 Å². The van der Waals surface area contributed by atoms with Crippen LogP contribution < -0.4 is 5.43 Å². The Morgan fingerprint density at radius 1 is 1.04 bits per heavy atom. The maximum absolute atomic E-state index is 13.3. The first-order valence-electron chi connectivity index (χ1n) is 7.99. The molecule has 126 valence electrons. The molecule has 0 saturated heterocycles. The standard InChI is InChI=1S/C20H16FNO3/c1-10-8-14-15(9-11(10)2)25-19-16(18(14)23)17(22(3)20(19)24)12-4-6-13(21)7-5-12/h4-9,17H,1-3H3. The molecule has 0 spiro atoms. The summed E-state index contributed by atoms with van der Waals surface area (Å²) in [6.07, 6.45) is 0. The third-order valence-corrected chi connectivity index (χ3v) is 4.90. The van der Waals surface area contributed by atoms with Crippen molar-refractivity contribution in [3.8, 4) is 0 Å². The predicted octanol–water partition coefficient (Wildman–Crippen LogP) is 3.72. The van der Waals surface area contributed by atoms with Gasteiger partial charge in [0.2, 0.25) is 5.76 Å². The summed E-state index contributed by atoms with van der Waals surface area (Å²) in [5.74, 6) is -0.647. The fourth-order valence-electron chi connectivity index (χ4n) is 3.38. The van der Waals surface area contributed by atoms with Gasteiger partial charge in [0.05, 0.1) is 17.0 Å². The average molecular weight is 337 g/mol. The second-order valence-electron chi connectivity index (χ2n) is 6.48. The molecule has 5 heteroatoms. The molecule has 0 fully saturated rings. The summed E-state index contributed by atoms with van der Waals surface area (Å²) in [5, 5.41) is 0.456. The van der Waals surface area contributed by atoms with Gasteiger partial charge >= 0.3 is 0 Å². The SMILES string of the molecule is Cc1cc2oc3c(c(=O)c2cc1C)C(c1ccc(F)cc1)N(C)C3=O. The minimum absolute atomic E-state index is 0.0672. The van der Waals surface area contributed by atoms with Crippen LogP contribution in [0.3, 0.4) is 0 Å². The van der Waals surface area contributed by atoms with Gasteiger partial charge in [-0.05, 0) is 54.8 Å². The van der Waals surface area contributed by atoms with Crippen molar-refractivity contribution >= 4 is 16.9 Å². The van der Waals surface area contributed by atoms with Gasteiger partial charge in [-0.3, -0.25) is 9.59 Å². The highest BCUT2D eigenvalue weighted by Crippen LogP contribution is 2.37. The molecule has 25 heavy (non-hydrogen) atoms. The Morgan fingerprint density at radius 3 is 2.36 bits per heavy atom. The van der Waals surface area contributed by atoms with E-state index in [9.17, 15) is 14.0 Å². The molecule has 1 aromatic heterocycles. The van der Waals surface area contributed by atoms with E-state index in [4.69, 9.17) is 4.42 Å². The number of hydrogen-bond donors (Lipinski definition) is 0. The van der Waals surface area contributed by atoms with Crippen molar-refractivity contribution in [1.82, 2.24) is 4.90 Å². The van der Waals surface area contributed by atoms with E-state index in [-0.39, 0.29) is 22.9 Å². The Balaban J connectivity index is 2.03. The van der Waals surface area contributed by atoms with Gasteiger partial charge in [0, 0.05) is 7.05 Å². The first-order chi connectivity index (χ1) is 11.9. The predicted molar refractivity (Wildman–Crippen MR) is 92.3 cm³/mol. The maximum atomic E-state index is 13.3. The highest BCUT2D eigenvalue weighted by atomic mass is 19.1. The second-order valence-corrected chi connectivity index (χ2v) is 6.48. The van der Waals surface area contributed by atoms with Crippen LogP contribution in [0.15, 0.2) is 45.6 Å². The smallest absolute Gasteiger partial charge is 0.290 e. The molecule has 0 aliphatic carbocycles. The minimum Gasteiger partial charge on any atom is -0.450 e. The van der Waals surface area contributed by atoms with E-state index in [1.54, 1.807) is 31.3 Å². The summed E-state index contributed by atoms with van der Waals surface area (Å²) < 4.78 is 19.1. The van der Waals surface area contributed by atoms with Gasteiger partial charge in [-0.25, -0.2) is 4.39 Å². The third-order valence-electron chi connectivity index (χ3n) is 4.90. The molecule has 0 bridgehead atoms. The molecule has 1 aliphatic heterocycles. The summed E-state index contributed by atoms with van der Waals surface area (Å²) in [5.41, 5.74) is 3.15. The van der Waals surface area contributed by atoms with Gasteiger partial charge in [0.1, 0.15) is 11.4 Å². The van der Waals surface area contributed by atoms with Crippen molar-refractivity contribution in [1.29, 1.82) is 0 Å². The summed E-state index contributed by atoms with van der Waals surface area (Å²) in [7, 11) is 1.62. The van der Waals surface area contributed by atoms with E-state index in [0.29, 0.717) is 22.1 Å². The molecule has 3 aromatic rings. The quantitative estimate of drug-likeness (QED) is 0.680. The van der Waals surface area contributed by atoms with Crippen molar-refractivity contribution in [3.63, 3.8) is 0 Å².